The van der Waals surface area contributed by atoms with E-state index in [0.29, 0.717) is 18.9 Å². The van der Waals surface area contributed by atoms with Gasteiger partial charge in [0.05, 0.1) is 12.1 Å². The maximum atomic E-state index is 10.7. The normalized spacial score (nSPS) is 13.6. The summed E-state index contributed by atoms with van der Waals surface area (Å²) in [5.41, 5.74) is 10.6. The van der Waals surface area contributed by atoms with Crippen LogP contribution in [-0.4, -0.2) is 30.9 Å². The van der Waals surface area contributed by atoms with E-state index in [9.17, 15) is 9.59 Å². The first-order valence-electron chi connectivity index (χ1n) is 5.84. The fraction of sp³-hybridized carbons (Fsp3) is 0.833. The minimum absolute atomic E-state index is 0.102. The van der Waals surface area contributed by atoms with Crippen LogP contribution in [-0.2, 0) is 14.3 Å². The zero-order valence-corrected chi connectivity index (χ0v) is 11.5. The molecule has 0 radical (unpaired) electrons. The number of amides is 1. The van der Waals surface area contributed by atoms with Gasteiger partial charge in [-0.1, -0.05) is 6.92 Å². The number of hydrogen-bond acceptors (Lipinski definition) is 4. The van der Waals surface area contributed by atoms with Crippen LogP contribution in [0.3, 0.4) is 0 Å². The predicted molar refractivity (Wildman–Crippen MR) is 68.4 cm³/mol. The second-order valence-electron chi connectivity index (χ2n) is 4.24. The molecule has 0 aliphatic heterocycles. The number of Topliss-reactive ketones (excluding diaryl/α,β-unsaturated/α-hetero) is 1. The van der Waals surface area contributed by atoms with Gasteiger partial charge in [-0.15, -0.1) is 0 Å². The van der Waals surface area contributed by atoms with Crippen LogP contribution in [0, 0.1) is 5.92 Å². The van der Waals surface area contributed by atoms with Gasteiger partial charge in [0.2, 0.25) is 5.91 Å². The van der Waals surface area contributed by atoms with Crippen molar-refractivity contribution in [2.45, 2.75) is 52.7 Å². The van der Waals surface area contributed by atoms with Gasteiger partial charge in [-0.3, -0.25) is 9.59 Å². The Hall–Kier alpha value is -0.940. The predicted octanol–water partition coefficient (Wildman–Crippen LogP) is 0.846. The summed E-state index contributed by atoms with van der Waals surface area (Å²) < 4.78 is 4.75. The first-order valence-corrected chi connectivity index (χ1v) is 5.84. The zero-order chi connectivity index (χ0) is 14.0. The van der Waals surface area contributed by atoms with E-state index in [4.69, 9.17) is 16.2 Å². The number of ether oxygens (including phenoxy) is 1. The highest BCUT2D eigenvalue weighted by atomic mass is 16.5. The van der Waals surface area contributed by atoms with Crippen molar-refractivity contribution < 1.29 is 14.3 Å². The van der Waals surface area contributed by atoms with Gasteiger partial charge >= 0.3 is 0 Å². The molecule has 0 saturated carbocycles. The van der Waals surface area contributed by atoms with E-state index in [2.05, 4.69) is 0 Å². The summed E-state index contributed by atoms with van der Waals surface area (Å²) in [5.74, 6) is -0.757. The topological polar surface area (TPSA) is 95.4 Å². The highest BCUT2D eigenvalue weighted by Crippen LogP contribution is 2.09. The quantitative estimate of drug-likeness (QED) is 0.726. The summed E-state index contributed by atoms with van der Waals surface area (Å²) in [6, 6.07) is -0.553. The molecule has 1 amide bonds. The van der Waals surface area contributed by atoms with Gasteiger partial charge in [0.1, 0.15) is 5.78 Å². The largest absolute Gasteiger partial charge is 0.382 e. The second-order valence-corrected chi connectivity index (χ2v) is 4.24. The molecule has 5 heteroatoms. The average molecular weight is 246 g/mol. The lowest BCUT2D eigenvalue weighted by atomic mass is 9.95. The van der Waals surface area contributed by atoms with Crippen LogP contribution >= 0.6 is 0 Å². The molecule has 102 valence electrons. The van der Waals surface area contributed by atoms with Crippen molar-refractivity contribution in [2.75, 3.05) is 7.11 Å². The smallest absolute Gasteiger partial charge is 0.220 e. The number of rotatable bonds is 6. The van der Waals surface area contributed by atoms with Crippen molar-refractivity contribution >= 4 is 11.7 Å². The summed E-state index contributed by atoms with van der Waals surface area (Å²) in [7, 11) is 1.70. The molecule has 0 aromatic rings. The Balaban J connectivity index is 0. The maximum Gasteiger partial charge on any atom is 0.220 e. The number of carbonyl (C=O) groups excluding carboxylic acids is 2. The molecular formula is C12H26N2O3. The van der Waals surface area contributed by atoms with Crippen LogP contribution < -0.4 is 11.5 Å². The third-order valence-electron chi connectivity index (χ3n) is 2.43. The molecule has 0 fully saturated rings. The van der Waals surface area contributed by atoms with Gasteiger partial charge in [-0.2, -0.15) is 0 Å². The van der Waals surface area contributed by atoms with Gasteiger partial charge in [-0.25, -0.2) is 0 Å². The number of primary amides is 1. The number of hydrogen-bond donors (Lipinski definition) is 2. The Morgan fingerprint density at radius 2 is 1.71 bits per heavy atom. The molecule has 5 nitrogen and oxygen atoms in total. The van der Waals surface area contributed by atoms with Gasteiger partial charge in [0.25, 0.3) is 0 Å². The Morgan fingerprint density at radius 1 is 1.29 bits per heavy atom. The minimum atomic E-state index is -0.553. The number of ketones is 1. The van der Waals surface area contributed by atoms with E-state index in [1.807, 2.05) is 20.8 Å². The molecule has 2 unspecified atom stereocenters. The summed E-state index contributed by atoms with van der Waals surface area (Å²) in [5, 5.41) is 0. The summed E-state index contributed by atoms with van der Waals surface area (Å²) in [4.78, 5) is 21.5. The fourth-order valence-corrected chi connectivity index (χ4v) is 0.956. The molecule has 17 heavy (non-hydrogen) atoms. The summed E-state index contributed by atoms with van der Waals surface area (Å²) in [6.45, 7) is 7.26. The van der Waals surface area contributed by atoms with Crippen molar-refractivity contribution in [3.05, 3.63) is 0 Å². The van der Waals surface area contributed by atoms with Gasteiger partial charge in [0.15, 0.2) is 0 Å². The first-order chi connectivity index (χ1) is 7.76. The highest BCUT2D eigenvalue weighted by Gasteiger charge is 2.19. The monoisotopic (exact) mass is 246 g/mol. The van der Waals surface area contributed by atoms with Crippen LogP contribution in [0.25, 0.3) is 0 Å². The minimum Gasteiger partial charge on any atom is -0.382 e. The molecule has 0 aromatic carbocycles. The molecule has 0 aliphatic carbocycles. The number of nitrogens with two attached hydrogens (primary N) is 2. The number of carbonyl (C=O) groups is 2. The van der Waals surface area contributed by atoms with Crippen LogP contribution in [0.5, 0.6) is 0 Å². The SMILES string of the molecule is CCC(CC(N)C(C)=O)C(N)=O.COC(C)C. The van der Waals surface area contributed by atoms with Gasteiger partial charge in [-0.05, 0) is 33.6 Å². The van der Waals surface area contributed by atoms with E-state index in [1.165, 1.54) is 6.92 Å². The van der Waals surface area contributed by atoms with E-state index in [0.717, 1.165) is 0 Å². The van der Waals surface area contributed by atoms with Crippen molar-refractivity contribution in [2.24, 2.45) is 17.4 Å². The summed E-state index contributed by atoms with van der Waals surface area (Å²) in [6.07, 6.45) is 1.38. The lowest BCUT2D eigenvalue weighted by molar-refractivity contribution is -0.123. The van der Waals surface area contributed by atoms with Crippen molar-refractivity contribution in [3.8, 4) is 0 Å². The van der Waals surface area contributed by atoms with E-state index >= 15 is 0 Å². The van der Waals surface area contributed by atoms with Gasteiger partial charge in [0, 0.05) is 13.0 Å². The highest BCUT2D eigenvalue weighted by molar-refractivity contribution is 5.83. The zero-order valence-electron chi connectivity index (χ0n) is 11.5. The van der Waals surface area contributed by atoms with Crippen molar-refractivity contribution in [1.82, 2.24) is 0 Å². The van der Waals surface area contributed by atoms with Gasteiger partial charge < -0.3 is 16.2 Å². The van der Waals surface area contributed by atoms with Crippen molar-refractivity contribution in [3.63, 3.8) is 0 Å². The van der Waals surface area contributed by atoms with Crippen LogP contribution in [0.15, 0.2) is 0 Å². The molecule has 0 aliphatic rings. The third-order valence-corrected chi connectivity index (χ3v) is 2.43. The lowest BCUT2D eigenvalue weighted by Crippen LogP contribution is -2.35. The molecule has 0 bridgehead atoms. The van der Waals surface area contributed by atoms with E-state index in [1.54, 1.807) is 7.11 Å². The van der Waals surface area contributed by atoms with Crippen LogP contribution in [0.2, 0.25) is 0 Å². The molecule has 0 aromatic heterocycles. The van der Waals surface area contributed by atoms with Crippen LogP contribution in [0.1, 0.15) is 40.5 Å². The Morgan fingerprint density at radius 3 is 1.88 bits per heavy atom. The number of methoxy groups -OCH3 is 1. The second kappa shape index (κ2) is 10.2. The lowest BCUT2D eigenvalue weighted by Gasteiger charge is -2.13. The summed E-state index contributed by atoms with van der Waals surface area (Å²) >= 11 is 0. The molecule has 0 heterocycles. The molecule has 2 atom stereocenters. The molecule has 0 saturated heterocycles. The Labute approximate surface area is 104 Å². The fourth-order valence-electron chi connectivity index (χ4n) is 0.956. The first kappa shape index (κ1) is 18.4. The van der Waals surface area contributed by atoms with Crippen molar-refractivity contribution in [1.29, 1.82) is 0 Å². The Kier molecular flexibility index (Phi) is 11.1. The van der Waals surface area contributed by atoms with E-state index in [-0.39, 0.29) is 17.6 Å². The molecular weight excluding hydrogens is 220 g/mol. The third kappa shape index (κ3) is 11.3. The Bertz CT molecular complexity index is 230. The molecule has 0 rings (SSSR count). The molecule has 4 N–H and O–H groups in total. The van der Waals surface area contributed by atoms with Crippen LogP contribution in [0.4, 0.5) is 0 Å². The molecule has 0 spiro atoms. The standard InChI is InChI=1S/C8H16N2O2.C4H10O/c1-3-6(8(10)12)4-7(9)5(2)11;1-4(2)5-3/h6-7H,3-4,9H2,1-2H3,(H2,10,12);4H,1-3H3. The van der Waals surface area contributed by atoms with E-state index < -0.39 is 6.04 Å². The average Bonchev–Trinajstić information content (AvgIpc) is 2.25. The maximum absolute atomic E-state index is 10.7.